The minimum absolute atomic E-state index is 0.279. The summed E-state index contributed by atoms with van der Waals surface area (Å²) in [4.78, 5) is 10.2. The molecule has 0 spiro atoms. The van der Waals surface area contributed by atoms with E-state index >= 15 is 0 Å². The molecule has 140 valence electrons. The molecule has 6 nitrogen and oxygen atoms in total. The van der Waals surface area contributed by atoms with Crippen LogP contribution in [0.25, 0.3) is 0 Å². The lowest BCUT2D eigenvalue weighted by atomic mass is 10.2. The van der Waals surface area contributed by atoms with Gasteiger partial charge >= 0.3 is 7.82 Å². The van der Waals surface area contributed by atoms with Crippen molar-refractivity contribution >= 4 is 7.82 Å². The Morgan fingerprint density at radius 2 is 1.04 bits per heavy atom. The van der Waals surface area contributed by atoms with E-state index in [2.05, 4.69) is 0 Å². The van der Waals surface area contributed by atoms with Crippen molar-refractivity contribution in [2.75, 3.05) is 0 Å². The van der Waals surface area contributed by atoms with Crippen LogP contribution in [0, 0.1) is 13.8 Å². The lowest BCUT2D eigenvalue weighted by molar-refractivity contribution is -0.185. The van der Waals surface area contributed by atoms with E-state index in [4.69, 9.17) is 23.6 Å². The van der Waals surface area contributed by atoms with Gasteiger partial charge in [-0.25, -0.2) is 4.57 Å². The molecule has 0 radical (unpaired) electrons. The molecule has 0 saturated carbocycles. The first-order valence-corrected chi connectivity index (χ1v) is 9.69. The molecule has 3 aromatic carbocycles. The fourth-order valence-corrected chi connectivity index (χ4v) is 2.84. The lowest BCUT2D eigenvalue weighted by Gasteiger charge is -2.16. The van der Waals surface area contributed by atoms with Gasteiger partial charge in [0.1, 0.15) is 5.75 Å². The van der Waals surface area contributed by atoms with Gasteiger partial charge in [0.2, 0.25) is 0 Å². The highest BCUT2D eigenvalue weighted by atomic mass is 31.2. The lowest BCUT2D eigenvalue weighted by Crippen LogP contribution is -2.07. The van der Waals surface area contributed by atoms with E-state index in [1.165, 1.54) is 0 Å². The van der Waals surface area contributed by atoms with Crippen molar-refractivity contribution < 1.29 is 28.2 Å². The van der Waals surface area contributed by atoms with Crippen LogP contribution in [0.4, 0.5) is 0 Å². The zero-order chi connectivity index (χ0) is 19.1. The van der Waals surface area contributed by atoms with E-state index in [-0.39, 0.29) is 5.75 Å². The van der Waals surface area contributed by atoms with E-state index < -0.39 is 7.82 Å². The van der Waals surface area contributed by atoms with Gasteiger partial charge in [-0.1, -0.05) is 62.9 Å². The summed E-state index contributed by atoms with van der Waals surface area (Å²) in [6.07, 6.45) is 0. The number of benzene rings is 3. The molecule has 0 unspecified atom stereocenters. The van der Waals surface area contributed by atoms with Gasteiger partial charge < -0.3 is 14.3 Å². The fourth-order valence-electron chi connectivity index (χ4n) is 2.02. The fraction of sp³-hybridized carbons (Fsp3) is 0.100. The third-order valence-electron chi connectivity index (χ3n) is 3.45. The van der Waals surface area contributed by atoms with Crippen molar-refractivity contribution in [3.63, 3.8) is 0 Å². The zero-order valence-electron chi connectivity index (χ0n) is 14.9. The minimum Gasteiger partial charge on any atom is -0.400 e. The molecule has 7 heteroatoms. The Bertz CT molecular complexity index is 841. The maximum absolute atomic E-state index is 12.9. The van der Waals surface area contributed by atoms with Gasteiger partial charge in [-0.2, -0.15) is 0 Å². The Morgan fingerprint density at radius 1 is 0.593 bits per heavy atom. The van der Waals surface area contributed by atoms with Crippen molar-refractivity contribution in [1.82, 2.24) is 0 Å². The van der Waals surface area contributed by atoms with Crippen LogP contribution in [0.15, 0.2) is 78.9 Å². The largest absolute Gasteiger partial charge is 0.604 e. The Balaban J connectivity index is 1.71. The average Bonchev–Trinajstić information content (AvgIpc) is 2.68. The number of rotatable bonds is 8. The average molecular weight is 386 g/mol. The Morgan fingerprint density at radius 3 is 1.48 bits per heavy atom. The molecule has 0 fully saturated rings. The van der Waals surface area contributed by atoms with Crippen molar-refractivity contribution in [2.24, 2.45) is 0 Å². The zero-order valence-corrected chi connectivity index (χ0v) is 15.8. The molecular weight excluding hydrogens is 367 g/mol. The first kappa shape index (κ1) is 19.0. The summed E-state index contributed by atoms with van der Waals surface area (Å²) in [6.45, 7) is 3.87. The van der Waals surface area contributed by atoms with Crippen LogP contribution in [0.3, 0.4) is 0 Å². The number of para-hydroxylation sites is 1. The Hall–Kier alpha value is -2.79. The third-order valence-corrected chi connectivity index (χ3v) is 4.40. The molecule has 0 amide bonds. The van der Waals surface area contributed by atoms with Crippen LogP contribution in [0.1, 0.15) is 11.1 Å². The molecule has 3 rings (SSSR count). The Labute approximate surface area is 157 Å². The van der Waals surface area contributed by atoms with Gasteiger partial charge in [0.05, 0.1) is 0 Å². The molecule has 0 bridgehead atoms. The van der Waals surface area contributed by atoms with Crippen LogP contribution in [0.5, 0.6) is 17.2 Å². The standard InChI is InChI=1S/C20H19O6P/c1-16-8-12-18(13-9-16)22-25-27(21,24-20-6-4-3-5-7-20)26-23-19-14-10-17(2)11-15-19/h3-15H,1-2H3. The molecule has 0 aliphatic carbocycles. The van der Waals surface area contributed by atoms with Crippen molar-refractivity contribution in [3.8, 4) is 17.2 Å². The van der Waals surface area contributed by atoms with Crippen LogP contribution < -0.4 is 14.3 Å². The molecule has 0 aromatic heterocycles. The number of hydrogen-bond donors (Lipinski definition) is 0. The SMILES string of the molecule is Cc1ccc(OOP(=O)(OOc2ccc(C)cc2)Oc2ccccc2)cc1. The van der Waals surface area contributed by atoms with Crippen molar-refractivity contribution in [3.05, 3.63) is 90.0 Å². The molecule has 0 atom stereocenters. The van der Waals surface area contributed by atoms with E-state index in [9.17, 15) is 4.57 Å². The van der Waals surface area contributed by atoms with Crippen LogP contribution in [-0.2, 0) is 13.9 Å². The first-order chi connectivity index (χ1) is 13.0. The van der Waals surface area contributed by atoms with E-state index in [1.807, 2.05) is 38.1 Å². The molecule has 0 saturated heterocycles. The molecule has 0 aliphatic rings. The van der Waals surface area contributed by atoms with Gasteiger partial charge in [0, 0.05) is 0 Å². The highest BCUT2D eigenvalue weighted by Gasteiger charge is 2.34. The van der Waals surface area contributed by atoms with Gasteiger partial charge in [0.25, 0.3) is 0 Å². The van der Waals surface area contributed by atoms with Gasteiger partial charge in [0.15, 0.2) is 11.5 Å². The maximum atomic E-state index is 12.9. The van der Waals surface area contributed by atoms with Crippen molar-refractivity contribution in [2.45, 2.75) is 13.8 Å². The summed E-state index contributed by atoms with van der Waals surface area (Å²) in [5.74, 6) is 0.966. The highest BCUT2D eigenvalue weighted by molar-refractivity contribution is 7.48. The van der Waals surface area contributed by atoms with Crippen LogP contribution >= 0.6 is 7.82 Å². The summed E-state index contributed by atoms with van der Waals surface area (Å²) in [5.41, 5.74) is 2.09. The second-order valence-electron chi connectivity index (χ2n) is 5.79. The highest BCUT2D eigenvalue weighted by Crippen LogP contribution is 2.50. The first-order valence-electron chi connectivity index (χ1n) is 8.23. The monoisotopic (exact) mass is 386 g/mol. The maximum Gasteiger partial charge on any atom is 0.604 e. The normalized spacial score (nSPS) is 11.0. The molecule has 0 aliphatic heterocycles. The summed E-state index contributed by atoms with van der Waals surface area (Å²) < 4.78 is 28.3. The van der Waals surface area contributed by atoms with Crippen LogP contribution in [0.2, 0.25) is 0 Å². The second-order valence-corrected chi connectivity index (χ2v) is 7.17. The molecule has 27 heavy (non-hydrogen) atoms. The summed E-state index contributed by atoms with van der Waals surface area (Å²) in [5, 5.41) is 0. The van der Waals surface area contributed by atoms with Gasteiger partial charge in [-0.3, -0.25) is 0 Å². The third kappa shape index (κ3) is 5.86. The summed E-state index contributed by atoms with van der Waals surface area (Å²) in [7, 11) is -4.24. The van der Waals surface area contributed by atoms with E-state index in [0.717, 1.165) is 11.1 Å². The Kier molecular flexibility index (Phi) is 6.14. The molecular formula is C20H19O6P. The van der Waals surface area contributed by atoms with E-state index in [0.29, 0.717) is 11.5 Å². The van der Waals surface area contributed by atoms with Gasteiger partial charge in [-0.05, 0) is 50.2 Å². The van der Waals surface area contributed by atoms with Gasteiger partial charge in [-0.15, -0.1) is 0 Å². The number of hydrogen-bond acceptors (Lipinski definition) is 6. The molecule has 0 heterocycles. The van der Waals surface area contributed by atoms with E-state index in [1.54, 1.807) is 54.6 Å². The number of phosphoric acid groups is 1. The number of aryl methyl sites for hydroxylation is 2. The quantitative estimate of drug-likeness (QED) is 0.276. The second kappa shape index (κ2) is 8.73. The molecule has 0 N–H and O–H groups in total. The topological polar surface area (TPSA) is 63.2 Å². The van der Waals surface area contributed by atoms with Crippen molar-refractivity contribution in [1.29, 1.82) is 0 Å². The predicted octanol–water partition coefficient (Wildman–Crippen LogP) is 5.81. The predicted molar refractivity (Wildman–Crippen MR) is 100 cm³/mol. The molecule has 3 aromatic rings. The smallest absolute Gasteiger partial charge is 0.400 e. The minimum atomic E-state index is -4.24. The summed E-state index contributed by atoms with van der Waals surface area (Å²) >= 11 is 0. The summed E-state index contributed by atoms with van der Waals surface area (Å²) in [6, 6.07) is 22.4. The van der Waals surface area contributed by atoms with Crippen LogP contribution in [-0.4, -0.2) is 0 Å².